The van der Waals surface area contributed by atoms with E-state index in [4.69, 9.17) is 16.3 Å². The summed E-state index contributed by atoms with van der Waals surface area (Å²) in [6.45, 7) is 3.95. The summed E-state index contributed by atoms with van der Waals surface area (Å²) in [5.41, 5.74) is 0.846. The highest BCUT2D eigenvalue weighted by Gasteiger charge is 2.21. The zero-order valence-corrected chi connectivity index (χ0v) is 22.0. The van der Waals surface area contributed by atoms with E-state index in [2.05, 4.69) is 15.5 Å². The van der Waals surface area contributed by atoms with Crippen LogP contribution in [-0.4, -0.2) is 30.6 Å². The second kappa shape index (κ2) is 11.2. The number of carbonyl (C=O) groups excluding carboxylic acids is 1. The van der Waals surface area contributed by atoms with Crippen molar-refractivity contribution in [3.05, 3.63) is 82.9 Å². The van der Waals surface area contributed by atoms with Crippen molar-refractivity contribution < 1.29 is 27.6 Å². The first-order valence-corrected chi connectivity index (χ1v) is 13.4. The SMILES string of the molecule is CCOc1ccccc1NC(=O)c1cc2ccccc2c(N=Nc2cc(CC)c(S(=O)(=O)O)cc2Cl)c1O. The molecule has 0 saturated heterocycles. The number of fused-ring (bicyclic) bond motifs is 1. The van der Waals surface area contributed by atoms with E-state index in [1.54, 1.807) is 61.5 Å². The molecule has 0 bridgehead atoms. The Bertz CT molecular complexity index is 1670. The van der Waals surface area contributed by atoms with E-state index in [1.165, 1.54) is 6.07 Å². The van der Waals surface area contributed by atoms with Gasteiger partial charge in [-0.1, -0.05) is 54.9 Å². The van der Waals surface area contributed by atoms with E-state index in [9.17, 15) is 22.9 Å². The minimum atomic E-state index is -4.49. The third-order valence-corrected chi connectivity index (χ3v) is 6.96. The highest BCUT2D eigenvalue weighted by molar-refractivity contribution is 7.85. The number of para-hydroxylation sites is 2. The lowest BCUT2D eigenvalue weighted by Gasteiger charge is -2.13. The summed E-state index contributed by atoms with van der Waals surface area (Å²) in [6, 6.07) is 18.0. The normalized spacial score (nSPS) is 11.7. The number of azo groups is 1. The molecular formula is C27H24ClN3O6S. The maximum atomic E-state index is 13.2. The lowest BCUT2D eigenvalue weighted by Crippen LogP contribution is -2.13. The van der Waals surface area contributed by atoms with Gasteiger partial charge >= 0.3 is 0 Å². The van der Waals surface area contributed by atoms with E-state index in [1.807, 2.05) is 6.92 Å². The molecule has 0 fully saturated rings. The molecule has 0 radical (unpaired) electrons. The summed E-state index contributed by atoms with van der Waals surface area (Å²) in [5.74, 6) is -0.501. The number of benzene rings is 4. The van der Waals surface area contributed by atoms with Gasteiger partial charge in [0, 0.05) is 5.39 Å². The van der Waals surface area contributed by atoms with Gasteiger partial charge in [-0.05, 0) is 54.6 Å². The average molecular weight is 554 g/mol. The van der Waals surface area contributed by atoms with Gasteiger partial charge in [0.05, 0.1) is 27.8 Å². The first-order valence-electron chi connectivity index (χ1n) is 11.6. The molecule has 0 aliphatic heterocycles. The van der Waals surface area contributed by atoms with Crippen LogP contribution in [0.2, 0.25) is 5.02 Å². The molecule has 0 aliphatic carbocycles. The van der Waals surface area contributed by atoms with Crippen LogP contribution in [0, 0.1) is 0 Å². The molecule has 1 amide bonds. The first kappa shape index (κ1) is 27.1. The number of rotatable bonds is 8. The number of halogens is 1. The Kier molecular flexibility index (Phi) is 7.96. The van der Waals surface area contributed by atoms with Crippen molar-refractivity contribution in [2.24, 2.45) is 10.2 Å². The third kappa shape index (κ3) is 5.62. The average Bonchev–Trinajstić information content (AvgIpc) is 2.89. The van der Waals surface area contributed by atoms with Gasteiger partial charge in [-0.3, -0.25) is 9.35 Å². The Balaban J connectivity index is 1.79. The minimum absolute atomic E-state index is 0.0271. The third-order valence-electron chi connectivity index (χ3n) is 5.72. The smallest absolute Gasteiger partial charge is 0.294 e. The molecular weight excluding hydrogens is 530 g/mol. The largest absolute Gasteiger partial charge is 0.505 e. The van der Waals surface area contributed by atoms with Crippen LogP contribution in [0.25, 0.3) is 10.8 Å². The maximum Gasteiger partial charge on any atom is 0.294 e. The predicted molar refractivity (Wildman–Crippen MR) is 146 cm³/mol. The number of aromatic hydroxyl groups is 1. The zero-order chi connectivity index (χ0) is 27.4. The number of nitrogens with zero attached hydrogens (tertiary/aromatic N) is 2. The Labute approximate surface area is 224 Å². The molecule has 4 rings (SSSR count). The highest BCUT2D eigenvalue weighted by Crippen LogP contribution is 2.41. The second-order valence-electron chi connectivity index (χ2n) is 8.17. The van der Waals surface area contributed by atoms with Crippen LogP contribution in [0.1, 0.15) is 29.8 Å². The summed E-state index contributed by atoms with van der Waals surface area (Å²) in [6.07, 6.45) is 0.280. The quantitative estimate of drug-likeness (QED) is 0.157. The van der Waals surface area contributed by atoms with Crippen molar-refractivity contribution in [3.8, 4) is 11.5 Å². The molecule has 0 saturated carbocycles. The van der Waals surface area contributed by atoms with Crippen LogP contribution in [0.3, 0.4) is 0 Å². The Morgan fingerprint density at radius 1 is 1.03 bits per heavy atom. The lowest BCUT2D eigenvalue weighted by molar-refractivity contribution is 0.102. The summed E-state index contributed by atoms with van der Waals surface area (Å²) in [4.78, 5) is 12.9. The van der Waals surface area contributed by atoms with Crippen LogP contribution in [0.15, 0.2) is 81.9 Å². The molecule has 0 heterocycles. The van der Waals surface area contributed by atoms with E-state index < -0.39 is 21.8 Å². The molecule has 0 unspecified atom stereocenters. The van der Waals surface area contributed by atoms with Gasteiger partial charge in [0.2, 0.25) is 0 Å². The van der Waals surface area contributed by atoms with Crippen LogP contribution in [-0.2, 0) is 16.5 Å². The highest BCUT2D eigenvalue weighted by atomic mass is 35.5. The fraction of sp³-hybridized carbons (Fsp3) is 0.148. The number of hydrogen-bond donors (Lipinski definition) is 3. The molecule has 3 N–H and O–H groups in total. The molecule has 196 valence electrons. The number of phenols is 1. The lowest BCUT2D eigenvalue weighted by atomic mass is 10.0. The molecule has 11 heteroatoms. The number of amides is 1. The number of ether oxygens (including phenoxy) is 1. The number of nitrogens with one attached hydrogen (secondary N) is 1. The molecule has 4 aromatic rings. The molecule has 0 aliphatic rings. The number of hydrogen-bond acceptors (Lipinski definition) is 7. The van der Waals surface area contributed by atoms with Crippen molar-refractivity contribution >= 4 is 55.5 Å². The van der Waals surface area contributed by atoms with E-state index >= 15 is 0 Å². The molecule has 9 nitrogen and oxygen atoms in total. The second-order valence-corrected chi connectivity index (χ2v) is 9.96. The van der Waals surface area contributed by atoms with Crippen LogP contribution < -0.4 is 10.1 Å². The van der Waals surface area contributed by atoms with Gasteiger partial charge in [0.25, 0.3) is 16.0 Å². The molecule has 4 aromatic carbocycles. The summed E-state index contributed by atoms with van der Waals surface area (Å²) in [7, 11) is -4.49. The van der Waals surface area contributed by atoms with Crippen LogP contribution >= 0.6 is 11.6 Å². The minimum Gasteiger partial charge on any atom is -0.505 e. The van der Waals surface area contributed by atoms with Crippen molar-refractivity contribution in [2.75, 3.05) is 11.9 Å². The first-order chi connectivity index (χ1) is 18.1. The number of anilines is 1. The zero-order valence-electron chi connectivity index (χ0n) is 20.5. The van der Waals surface area contributed by atoms with Crippen molar-refractivity contribution in [2.45, 2.75) is 25.2 Å². The molecule has 0 atom stereocenters. The van der Waals surface area contributed by atoms with Gasteiger partial charge in [-0.25, -0.2) is 0 Å². The fourth-order valence-corrected chi connectivity index (χ4v) is 4.98. The summed E-state index contributed by atoms with van der Waals surface area (Å²) in [5, 5.41) is 23.3. The Morgan fingerprint density at radius 3 is 2.45 bits per heavy atom. The van der Waals surface area contributed by atoms with Crippen molar-refractivity contribution in [3.63, 3.8) is 0 Å². The topological polar surface area (TPSA) is 138 Å². The van der Waals surface area contributed by atoms with Crippen molar-refractivity contribution in [1.82, 2.24) is 0 Å². The van der Waals surface area contributed by atoms with Crippen LogP contribution in [0.4, 0.5) is 17.1 Å². The predicted octanol–water partition coefficient (Wildman–Crippen LogP) is 7.07. The van der Waals surface area contributed by atoms with Gasteiger partial charge in [0.1, 0.15) is 17.1 Å². The standard InChI is InChI=1S/C27H24ClN3O6S/c1-3-16-14-22(20(28)15-24(16)38(34,35)36)30-31-25-18-10-6-5-9-17(18)13-19(26(25)32)27(33)29-21-11-7-8-12-23(21)37-4-2/h5-15,32H,3-4H2,1-2H3,(H,29,33)(H,34,35,36). The Hall–Kier alpha value is -3.99. The van der Waals surface area contributed by atoms with Crippen molar-refractivity contribution in [1.29, 1.82) is 0 Å². The monoisotopic (exact) mass is 553 g/mol. The number of carbonyl (C=O) groups is 1. The summed E-state index contributed by atoms with van der Waals surface area (Å²) < 4.78 is 38.5. The molecule has 0 aromatic heterocycles. The van der Waals surface area contributed by atoms with Crippen LogP contribution in [0.5, 0.6) is 11.5 Å². The Morgan fingerprint density at radius 2 is 1.74 bits per heavy atom. The van der Waals surface area contributed by atoms with E-state index in [0.29, 0.717) is 34.4 Å². The summed E-state index contributed by atoms with van der Waals surface area (Å²) >= 11 is 6.23. The van der Waals surface area contributed by atoms with Gasteiger partial charge < -0.3 is 15.2 Å². The van der Waals surface area contributed by atoms with Gasteiger partial charge in [-0.2, -0.15) is 8.42 Å². The molecule has 38 heavy (non-hydrogen) atoms. The maximum absolute atomic E-state index is 13.2. The van der Waals surface area contributed by atoms with Gasteiger partial charge in [0.15, 0.2) is 5.75 Å². The number of phenolic OH excluding ortho intramolecular Hbond substituents is 1. The number of aryl methyl sites for hydroxylation is 1. The van der Waals surface area contributed by atoms with Gasteiger partial charge in [-0.15, -0.1) is 10.2 Å². The fourth-order valence-electron chi connectivity index (χ4n) is 3.92. The molecule has 0 spiro atoms. The van der Waals surface area contributed by atoms with E-state index in [0.717, 1.165) is 6.07 Å². The van der Waals surface area contributed by atoms with E-state index in [-0.39, 0.29) is 33.3 Å².